The van der Waals surface area contributed by atoms with Crippen LogP contribution in [0.2, 0.25) is 0 Å². The second-order valence-electron chi connectivity index (χ2n) is 4.51. The molecule has 0 amide bonds. The van der Waals surface area contributed by atoms with Crippen LogP contribution in [0.4, 0.5) is 11.6 Å². The summed E-state index contributed by atoms with van der Waals surface area (Å²) in [4.78, 5) is 15.3. The maximum Gasteiger partial charge on any atom is 0.173 e. The fourth-order valence-corrected chi connectivity index (χ4v) is 2.75. The van der Waals surface area contributed by atoms with E-state index in [0.29, 0.717) is 10.4 Å². The quantitative estimate of drug-likeness (QED) is 0.921. The van der Waals surface area contributed by atoms with Gasteiger partial charge in [-0.25, -0.2) is 9.97 Å². The smallest absolute Gasteiger partial charge is 0.173 e. The van der Waals surface area contributed by atoms with E-state index in [0.717, 1.165) is 30.9 Å². The molecule has 19 heavy (non-hydrogen) atoms. The highest BCUT2D eigenvalue weighted by molar-refractivity contribution is 9.10. The first-order valence-electron chi connectivity index (χ1n) is 6.21. The lowest BCUT2D eigenvalue weighted by molar-refractivity contribution is 0.687. The molecule has 0 spiro atoms. The third-order valence-corrected chi connectivity index (χ3v) is 3.69. The van der Waals surface area contributed by atoms with Gasteiger partial charge in [-0.05, 0) is 40.9 Å². The number of anilines is 2. The Kier molecular flexibility index (Phi) is 3.33. The molecular weight excluding hydrogens is 306 g/mol. The predicted molar refractivity (Wildman–Crippen MR) is 77.7 cm³/mol. The maximum atomic E-state index is 5.95. The minimum absolute atomic E-state index is 0.229. The van der Waals surface area contributed by atoms with Crippen LogP contribution in [0.25, 0.3) is 0 Å². The molecule has 0 bridgehead atoms. The van der Waals surface area contributed by atoms with Crippen LogP contribution in [0.15, 0.2) is 35.2 Å². The summed E-state index contributed by atoms with van der Waals surface area (Å²) >= 11 is 3.35. The molecule has 3 rings (SSSR count). The van der Waals surface area contributed by atoms with Crippen molar-refractivity contribution in [1.29, 1.82) is 0 Å². The molecule has 0 unspecified atom stereocenters. The number of halogens is 1. The van der Waals surface area contributed by atoms with Gasteiger partial charge >= 0.3 is 0 Å². The fourth-order valence-electron chi connectivity index (χ4n) is 2.48. The first kappa shape index (κ1) is 12.3. The summed E-state index contributed by atoms with van der Waals surface area (Å²) in [7, 11) is 0. The number of hydrogen-bond donors (Lipinski definition) is 1. The first-order chi connectivity index (χ1) is 9.25. The van der Waals surface area contributed by atoms with Crippen molar-refractivity contribution in [2.45, 2.75) is 18.9 Å². The van der Waals surface area contributed by atoms with E-state index >= 15 is 0 Å². The molecule has 2 N–H and O–H groups in total. The van der Waals surface area contributed by atoms with Gasteiger partial charge in [0.05, 0.1) is 17.9 Å². The molecule has 1 aliphatic heterocycles. The Labute approximate surface area is 120 Å². The van der Waals surface area contributed by atoms with Crippen LogP contribution in [0.5, 0.6) is 0 Å². The van der Waals surface area contributed by atoms with E-state index in [-0.39, 0.29) is 6.04 Å². The molecule has 1 saturated heterocycles. The van der Waals surface area contributed by atoms with Gasteiger partial charge in [0.1, 0.15) is 4.60 Å². The van der Waals surface area contributed by atoms with Crippen LogP contribution in [-0.4, -0.2) is 21.5 Å². The van der Waals surface area contributed by atoms with Gasteiger partial charge in [0.15, 0.2) is 11.6 Å². The SMILES string of the molecule is Nc1ncc(Br)nc1N1CCC[C@@H]1c1ccccn1. The van der Waals surface area contributed by atoms with Gasteiger partial charge in [-0.2, -0.15) is 0 Å². The molecule has 2 aromatic heterocycles. The summed E-state index contributed by atoms with van der Waals surface area (Å²) in [5.74, 6) is 1.20. The molecular formula is C13H14BrN5. The van der Waals surface area contributed by atoms with Crippen LogP contribution in [0.3, 0.4) is 0 Å². The van der Waals surface area contributed by atoms with Crippen LogP contribution in [-0.2, 0) is 0 Å². The third kappa shape index (κ3) is 2.40. The molecule has 0 aliphatic carbocycles. The van der Waals surface area contributed by atoms with Gasteiger partial charge in [-0.15, -0.1) is 0 Å². The number of aromatic nitrogens is 3. The summed E-state index contributed by atoms with van der Waals surface area (Å²) in [5.41, 5.74) is 7.01. The Morgan fingerprint density at radius 3 is 3.00 bits per heavy atom. The fraction of sp³-hybridized carbons (Fsp3) is 0.308. The topological polar surface area (TPSA) is 67.9 Å². The zero-order valence-corrected chi connectivity index (χ0v) is 11.9. The van der Waals surface area contributed by atoms with Crippen molar-refractivity contribution in [1.82, 2.24) is 15.0 Å². The Morgan fingerprint density at radius 2 is 2.21 bits per heavy atom. The zero-order valence-electron chi connectivity index (χ0n) is 10.3. The van der Waals surface area contributed by atoms with Crippen molar-refractivity contribution in [3.8, 4) is 0 Å². The normalized spacial score (nSPS) is 18.8. The van der Waals surface area contributed by atoms with Gasteiger partial charge in [-0.3, -0.25) is 4.98 Å². The second-order valence-corrected chi connectivity index (χ2v) is 5.32. The van der Waals surface area contributed by atoms with E-state index in [2.05, 4.69) is 35.8 Å². The number of nitrogen functional groups attached to an aromatic ring is 1. The summed E-state index contributed by atoms with van der Waals surface area (Å²) in [6, 6.07) is 6.21. The molecule has 5 nitrogen and oxygen atoms in total. The van der Waals surface area contributed by atoms with Crippen molar-refractivity contribution in [3.05, 3.63) is 40.9 Å². The van der Waals surface area contributed by atoms with E-state index in [1.54, 1.807) is 6.20 Å². The van der Waals surface area contributed by atoms with Gasteiger partial charge < -0.3 is 10.6 Å². The van der Waals surface area contributed by atoms with Crippen molar-refractivity contribution in [3.63, 3.8) is 0 Å². The second kappa shape index (κ2) is 5.13. The van der Waals surface area contributed by atoms with E-state index < -0.39 is 0 Å². The summed E-state index contributed by atoms with van der Waals surface area (Å²) in [6.07, 6.45) is 5.60. The Bertz CT molecular complexity index is 575. The maximum absolute atomic E-state index is 5.95. The highest BCUT2D eigenvalue weighted by Gasteiger charge is 2.29. The molecule has 2 aromatic rings. The molecule has 3 heterocycles. The van der Waals surface area contributed by atoms with E-state index in [4.69, 9.17) is 5.73 Å². The number of hydrogen-bond acceptors (Lipinski definition) is 5. The van der Waals surface area contributed by atoms with Crippen molar-refractivity contribution in [2.75, 3.05) is 17.2 Å². The number of nitrogens with two attached hydrogens (primary N) is 1. The predicted octanol–water partition coefficient (Wildman–Crippen LogP) is 2.56. The highest BCUT2D eigenvalue weighted by Crippen LogP contribution is 2.36. The molecule has 1 atom stereocenters. The number of rotatable bonds is 2. The number of nitrogens with zero attached hydrogens (tertiary/aromatic N) is 4. The minimum Gasteiger partial charge on any atom is -0.381 e. The Hall–Kier alpha value is -1.69. The summed E-state index contributed by atoms with van der Waals surface area (Å²) in [5, 5.41) is 0. The largest absolute Gasteiger partial charge is 0.381 e. The molecule has 1 fully saturated rings. The number of pyridine rings is 1. The average molecular weight is 320 g/mol. The molecule has 1 aliphatic rings. The Balaban J connectivity index is 1.97. The van der Waals surface area contributed by atoms with Crippen molar-refractivity contribution >= 4 is 27.6 Å². The van der Waals surface area contributed by atoms with Crippen molar-refractivity contribution < 1.29 is 0 Å². The van der Waals surface area contributed by atoms with Crippen LogP contribution < -0.4 is 10.6 Å². The lowest BCUT2D eigenvalue weighted by atomic mass is 10.1. The van der Waals surface area contributed by atoms with E-state index in [1.165, 1.54) is 0 Å². The van der Waals surface area contributed by atoms with Crippen LogP contribution in [0.1, 0.15) is 24.6 Å². The summed E-state index contributed by atoms with van der Waals surface area (Å²) < 4.78 is 0.698. The van der Waals surface area contributed by atoms with Crippen molar-refractivity contribution in [2.24, 2.45) is 0 Å². The van der Waals surface area contributed by atoms with Gasteiger partial charge in [0, 0.05) is 12.7 Å². The monoisotopic (exact) mass is 319 g/mol. The van der Waals surface area contributed by atoms with E-state index in [1.807, 2.05) is 24.4 Å². The highest BCUT2D eigenvalue weighted by atomic mass is 79.9. The lowest BCUT2D eigenvalue weighted by Crippen LogP contribution is -2.25. The van der Waals surface area contributed by atoms with E-state index in [9.17, 15) is 0 Å². The Morgan fingerprint density at radius 1 is 1.32 bits per heavy atom. The molecule has 0 aromatic carbocycles. The molecule has 0 radical (unpaired) electrons. The third-order valence-electron chi connectivity index (χ3n) is 3.31. The van der Waals surface area contributed by atoms with Gasteiger partial charge in [0.2, 0.25) is 0 Å². The average Bonchev–Trinajstić information content (AvgIpc) is 2.91. The van der Waals surface area contributed by atoms with Crippen LogP contribution in [0, 0.1) is 0 Å². The zero-order chi connectivity index (χ0) is 13.2. The van der Waals surface area contributed by atoms with Gasteiger partial charge in [-0.1, -0.05) is 6.07 Å². The first-order valence-corrected chi connectivity index (χ1v) is 7.00. The molecule has 0 saturated carbocycles. The van der Waals surface area contributed by atoms with Crippen LogP contribution >= 0.6 is 15.9 Å². The minimum atomic E-state index is 0.229. The standard InChI is InChI=1S/C13H14BrN5/c14-11-8-17-12(15)13(18-11)19-7-3-5-10(19)9-4-1-2-6-16-9/h1-2,4,6,8,10H,3,5,7H2,(H2,15,17)/t10-/m1/s1. The summed E-state index contributed by atoms with van der Waals surface area (Å²) in [6.45, 7) is 0.927. The molecule has 6 heteroatoms. The van der Waals surface area contributed by atoms with Gasteiger partial charge in [0.25, 0.3) is 0 Å². The molecule has 98 valence electrons. The lowest BCUT2D eigenvalue weighted by Gasteiger charge is -2.25.